The molecule has 0 unspecified atom stereocenters. The van der Waals surface area contributed by atoms with E-state index in [1.54, 1.807) is 0 Å². The summed E-state index contributed by atoms with van der Waals surface area (Å²) in [4.78, 5) is 28.8. The summed E-state index contributed by atoms with van der Waals surface area (Å²) in [7, 11) is -4.09. The van der Waals surface area contributed by atoms with Crippen LogP contribution in [-0.4, -0.2) is 22.2 Å². The van der Waals surface area contributed by atoms with Gasteiger partial charge in [0.05, 0.1) is 0 Å². The predicted octanol–water partition coefficient (Wildman–Crippen LogP) is 2.26. The molecular formula is C13H21N2O4P. The van der Waals surface area contributed by atoms with E-state index >= 15 is 0 Å². The first-order valence-corrected chi connectivity index (χ1v) is 8.24. The van der Waals surface area contributed by atoms with Gasteiger partial charge in [0, 0.05) is 18.7 Å². The van der Waals surface area contributed by atoms with E-state index in [-0.39, 0.29) is 5.91 Å². The molecule has 0 saturated heterocycles. The standard InChI is InChI=1S/C13H21N2O4P/c16-13(15-12-8-4-3-5-9-12)10-6-1-2-7-11-14-20(17,18)19/h3-5,8-9H,1-2,6-7,10-11H2,(H,15,16)(H3,14,17,18,19). The van der Waals surface area contributed by atoms with Crippen molar-refractivity contribution in [3.8, 4) is 0 Å². The number of amides is 1. The Morgan fingerprint density at radius 2 is 1.70 bits per heavy atom. The molecule has 20 heavy (non-hydrogen) atoms. The normalized spacial score (nSPS) is 11.3. The van der Waals surface area contributed by atoms with Crippen LogP contribution in [0.5, 0.6) is 0 Å². The maximum atomic E-state index is 11.6. The molecule has 0 heterocycles. The molecule has 6 nitrogen and oxygen atoms in total. The predicted molar refractivity (Wildman–Crippen MR) is 78.2 cm³/mol. The van der Waals surface area contributed by atoms with Crippen LogP contribution in [0, 0.1) is 0 Å². The van der Waals surface area contributed by atoms with E-state index in [0.717, 1.165) is 24.9 Å². The van der Waals surface area contributed by atoms with Gasteiger partial charge in [0.1, 0.15) is 0 Å². The van der Waals surface area contributed by atoms with Crippen LogP contribution < -0.4 is 10.4 Å². The second-order valence-corrected chi connectivity index (χ2v) is 5.93. The van der Waals surface area contributed by atoms with Crippen LogP contribution in [0.3, 0.4) is 0 Å². The molecule has 1 aromatic rings. The summed E-state index contributed by atoms with van der Waals surface area (Å²) in [6.07, 6.45) is 3.62. The highest BCUT2D eigenvalue weighted by atomic mass is 31.2. The Morgan fingerprint density at radius 1 is 1.05 bits per heavy atom. The Bertz CT molecular complexity index is 447. The van der Waals surface area contributed by atoms with Crippen molar-refractivity contribution in [1.82, 2.24) is 5.09 Å². The molecule has 7 heteroatoms. The van der Waals surface area contributed by atoms with E-state index < -0.39 is 7.75 Å². The second kappa shape index (κ2) is 8.87. The average Bonchev–Trinajstić information content (AvgIpc) is 2.37. The van der Waals surface area contributed by atoms with Crippen LogP contribution in [0.4, 0.5) is 5.69 Å². The Hall–Kier alpha value is -1.20. The van der Waals surface area contributed by atoms with Gasteiger partial charge in [-0.3, -0.25) is 4.79 Å². The average molecular weight is 300 g/mol. The molecule has 112 valence electrons. The number of carbonyl (C=O) groups is 1. The Morgan fingerprint density at radius 3 is 2.35 bits per heavy atom. The third-order valence-corrected chi connectivity index (χ3v) is 3.34. The van der Waals surface area contributed by atoms with Crippen molar-refractivity contribution in [2.75, 3.05) is 11.9 Å². The van der Waals surface area contributed by atoms with Gasteiger partial charge in [-0.05, 0) is 25.0 Å². The zero-order valence-corrected chi connectivity index (χ0v) is 12.2. The summed E-state index contributed by atoms with van der Waals surface area (Å²) >= 11 is 0. The van der Waals surface area contributed by atoms with Gasteiger partial charge in [-0.25, -0.2) is 9.65 Å². The quantitative estimate of drug-likeness (QED) is 0.414. The van der Waals surface area contributed by atoms with Gasteiger partial charge in [-0.2, -0.15) is 0 Å². The molecule has 4 N–H and O–H groups in total. The van der Waals surface area contributed by atoms with Crippen LogP contribution in [0.15, 0.2) is 30.3 Å². The highest BCUT2D eigenvalue weighted by Crippen LogP contribution is 2.27. The van der Waals surface area contributed by atoms with Crippen LogP contribution in [0.1, 0.15) is 32.1 Å². The molecule has 0 fully saturated rings. The second-order valence-electron chi connectivity index (χ2n) is 4.53. The van der Waals surface area contributed by atoms with Crippen molar-refractivity contribution in [2.24, 2.45) is 0 Å². The Kier molecular flexibility index (Phi) is 7.47. The molecule has 1 amide bonds. The maximum absolute atomic E-state index is 11.6. The van der Waals surface area contributed by atoms with Crippen molar-refractivity contribution >= 4 is 19.3 Å². The lowest BCUT2D eigenvalue weighted by Crippen LogP contribution is -2.12. The number of nitrogens with one attached hydrogen (secondary N) is 2. The number of carbonyl (C=O) groups excluding carboxylic acids is 1. The molecule has 0 aliphatic heterocycles. The van der Waals surface area contributed by atoms with E-state index in [1.807, 2.05) is 30.3 Å². The van der Waals surface area contributed by atoms with Gasteiger partial charge >= 0.3 is 7.75 Å². The number of unbranched alkanes of at least 4 members (excludes halogenated alkanes) is 3. The number of benzene rings is 1. The third-order valence-electron chi connectivity index (χ3n) is 2.71. The van der Waals surface area contributed by atoms with E-state index in [4.69, 9.17) is 9.79 Å². The fourth-order valence-electron chi connectivity index (χ4n) is 1.73. The molecule has 0 aliphatic carbocycles. The minimum Gasteiger partial charge on any atom is -0.326 e. The summed E-state index contributed by atoms with van der Waals surface area (Å²) in [6.45, 7) is 0.292. The maximum Gasteiger partial charge on any atom is 0.400 e. The zero-order chi connectivity index (χ0) is 14.8. The lowest BCUT2D eigenvalue weighted by atomic mass is 10.1. The van der Waals surface area contributed by atoms with E-state index in [0.29, 0.717) is 19.4 Å². The first-order valence-electron chi connectivity index (χ1n) is 6.63. The third kappa shape index (κ3) is 8.82. The van der Waals surface area contributed by atoms with Crippen LogP contribution in [0.25, 0.3) is 0 Å². The molecule has 0 radical (unpaired) electrons. The number of hydrogen-bond acceptors (Lipinski definition) is 2. The molecular weight excluding hydrogens is 279 g/mol. The molecule has 1 rings (SSSR count). The van der Waals surface area contributed by atoms with E-state index in [1.165, 1.54) is 0 Å². The summed E-state index contributed by atoms with van der Waals surface area (Å²) in [5.41, 5.74) is 0.795. The van der Waals surface area contributed by atoms with Gasteiger partial charge < -0.3 is 15.1 Å². The number of rotatable bonds is 9. The lowest BCUT2D eigenvalue weighted by Gasteiger charge is -2.06. The molecule has 0 bridgehead atoms. The summed E-state index contributed by atoms with van der Waals surface area (Å²) in [5, 5.41) is 4.95. The molecule has 0 aliphatic rings. The van der Waals surface area contributed by atoms with E-state index in [2.05, 4.69) is 10.4 Å². The van der Waals surface area contributed by atoms with Crippen LogP contribution in [0.2, 0.25) is 0 Å². The highest BCUT2D eigenvalue weighted by Gasteiger charge is 2.09. The van der Waals surface area contributed by atoms with Gasteiger partial charge in [0.15, 0.2) is 0 Å². The zero-order valence-electron chi connectivity index (χ0n) is 11.3. The Balaban J connectivity index is 2.01. The fourth-order valence-corrected chi connectivity index (χ4v) is 2.18. The largest absolute Gasteiger partial charge is 0.400 e. The molecule has 0 aromatic heterocycles. The number of hydrogen-bond donors (Lipinski definition) is 4. The fraction of sp³-hybridized carbons (Fsp3) is 0.462. The first-order chi connectivity index (χ1) is 9.47. The molecule has 0 saturated carbocycles. The molecule has 1 aromatic carbocycles. The van der Waals surface area contributed by atoms with E-state index in [9.17, 15) is 9.36 Å². The SMILES string of the molecule is O=C(CCCCCCNP(=O)(O)O)Nc1ccccc1. The van der Waals surface area contributed by atoms with Crippen molar-refractivity contribution < 1.29 is 19.1 Å². The minimum atomic E-state index is -4.09. The minimum absolute atomic E-state index is 0.00968. The number of para-hydroxylation sites is 1. The summed E-state index contributed by atoms with van der Waals surface area (Å²) in [5.74, 6) is -0.00968. The van der Waals surface area contributed by atoms with Crippen molar-refractivity contribution in [2.45, 2.75) is 32.1 Å². The summed E-state index contributed by atoms with van der Waals surface area (Å²) < 4.78 is 10.5. The van der Waals surface area contributed by atoms with Crippen molar-refractivity contribution in [1.29, 1.82) is 0 Å². The highest BCUT2D eigenvalue weighted by molar-refractivity contribution is 7.49. The smallest absolute Gasteiger partial charge is 0.326 e. The number of anilines is 1. The van der Waals surface area contributed by atoms with Gasteiger partial charge in [-0.15, -0.1) is 0 Å². The van der Waals surface area contributed by atoms with Gasteiger partial charge in [-0.1, -0.05) is 31.0 Å². The van der Waals surface area contributed by atoms with Gasteiger partial charge in [0.25, 0.3) is 0 Å². The Labute approximate surface area is 118 Å². The van der Waals surface area contributed by atoms with Gasteiger partial charge in [0.2, 0.25) is 5.91 Å². The van der Waals surface area contributed by atoms with Crippen molar-refractivity contribution in [3.05, 3.63) is 30.3 Å². The topological polar surface area (TPSA) is 98.7 Å². The van der Waals surface area contributed by atoms with Crippen molar-refractivity contribution in [3.63, 3.8) is 0 Å². The summed E-state index contributed by atoms with van der Waals surface area (Å²) in [6, 6.07) is 9.30. The van der Waals surface area contributed by atoms with Crippen LogP contribution in [-0.2, 0) is 9.36 Å². The first kappa shape index (κ1) is 16.9. The van der Waals surface area contributed by atoms with Crippen LogP contribution >= 0.6 is 7.75 Å². The molecule has 0 atom stereocenters. The molecule has 0 spiro atoms. The monoisotopic (exact) mass is 300 g/mol. The lowest BCUT2D eigenvalue weighted by molar-refractivity contribution is -0.116.